The van der Waals surface area contributed by atoms with E-state index in [1.807, 2.05) is 36.1 Å². The van der Waals surface area contributed by atoms with Crippen LogP contribution in [0.1, 0.15) is 45.8 Å². The van der Waals surface area contributed by atoms with Crippen molar-refractivity contribution in [2.75, 3.05) is 7.11 Å². The summed E-state index contributed by atoms with van der Waals surface area (Å²) in [5.41, 5.74) is 1.08. The molecular formula is C17H26N2O2. The molecule has 3 atom stereocenters. The molecule has 1 heterocycles. The van der Waals surface area contributed by atoms with Gasteiger partial charge in [-0.15, -0.1) is 0 Å². The monoisotopic (exact) mass is 290 g/mol. The van der Waals surface area contributed by atoms with Crippen molar-refractivity contribution in [2.24, 2.45) is 5.92 Å². The van der Waals surface area contributed by atoms with Gasteiger partial charge < -0.3 is 9.64 Å². The first-order valence-corrected chi connectivity index (χ1v) is 7.71. The molecule has 1 fully saturated rings. The summed E-state index contributed by atoms with van der Waals surface area (Å²) in [5, 5.41) is 3.41. The van der Waals surface area contributed by atoms with Crippen LogP contribution in [0.3, 0.4) is 0 Å². The van der Waals surface area contributed by atoms with E-state index in [1.165, 1.54) is 0 Å². The third kappa shape index (κ3) is 3.05. The molecule has 1 aliphatic rings. The fourth-order valence-electron chi connectivity index (χ4n) is 3.15. The number of rotatable bonds is 5. The quantitative estimate of drug-likeness (QED) is 0.906. The van der Waals surface area contributed by atoms with E-state index >= 15 is 0 Å². The molecule has 0 bridgehead atoms. The second-order valence-corrected chi connectivity index (χ2v) is 6.03. The Morgan fingerprint density at radius 2 is 2.10 bits per heavy atom. The average molecular weight is 290 g/mol. The van der Waals surface area contributed by atoms with Gasteiger partial charge in [-0.25, -0.2) is 0 Å². The Bertz CT molecular complexity index is 501. The number of carbonyl (C=O) groups is 1. The van der Waals surface area contributed by atoms with Gasteiger partial charge in [-0.3, -0.25) is 10.1 Å². The molecule has 0 radical (unpaired) electrons. The molecule has 1 saturated heterocycles. The molecule has 0 saturated carbocycles. The molecule has 21 heavy (non-hydrogen) atoms. The number of methoxy groups -OCH3 is 1. The van der Waals surface area contributed by atoms with Gasteiger partial charge in [-0.2, -0.15) is 0 Å². The Morgan fingerprint density at radius 3 is 2.67 bits per heavy atom. The van der Waals surface area contributed by atoms with E-state index < -0.39 is 0 Å². The largest absolute Gasteiger partial charge is 0.497 e. The highest BCUT2D eigenvalue weighted by molar-refractivity contribution is 5.84. The zero-order valence-electron chi connectivity index (χ0n) is 13.6. The minimum Gasteiger partial charge on any atom is -0.497 e. The van der Waals surface area contributed by atoms with E-state index in [0.29, 0.717) is 5.92 Å². The van der Waals surface area contributed by atoms with Crippen LogP contribution in [0.25, 0.3) is 0 Å². The lowest BCUT2D eigenvalue weighted by Gasteiger charge is -2.35. The van der Waals surface area contributed by atoms with Gasteiger partial charge in [0, 0.05) is 6.04 Å². The van der Waals surface area contributed by atoms with Gasteiger partial charge in [-0.1, -0.05) is 32.9 Å². The Hall–Kier alpha value is -1.55. The highest BCUT2D eigenvalue weighted by atomic mass is 16.5. The van der Waals surface area contributed by atoms with Crippen molar-refractivity contribution in [1.29, 1.82) is 0 Å². The molecule has 116 valence electrons. The van der Waals surface area contributed by atoms with E-state index in [0.717, 1.165) is 17.7 Å². The highest BCUT2D eigenvalue weighted by Gasteiger charge is 2.41. The molecule has 0 aliphatic carbocycles. The summed E-state index contributed by atoms with van der Waals surface area (Å²) >= 11 is 0. The first-order chi connectivity index (χ1) is 9.99. The minimum atomic E-state index is -0.144. The van der Waals surface area contributed by atoms with Crippen LogP contribution in [-0.2, 0) is 4.79 Å². The number of amides is 1. The van der Waals surface area contributed by atoms with Crippen LogP contribution in [0.15, 0.2) is 24.3 Å². The second kappa shape index (κ2) is 6.48. The first-order valence-electron chi connectivity index (χ1n) is 7.71. The van der Waals surface area contributed by atoms with E-state index in [4.69, 9.17) is 4.74 Å². The van der Waals surface area contributed by atoms with Crippen molar-refractivity contribution in [3.8, 4) is 5.75 Å². The summed E-state index contributed by atoms with van der Waals surface area (Å²) < 4.78 is 5.31. The van der Waals surface area contributed by atoms with Crippen LogP contribution in [-0.4, -0.2) is 30.0 Å². The predicted molar refractivity (Wildman–Crippen MR) is 84.1 cm³/mol. The van der Waals surface area contributed by atoms with Crippen LogP contribution in [0.2, 0.25) is 0 Å². The molecule has 1 N–H and O–H groups in total. The number of nitrogens with zero attached hydrogens (tertiary/aromatic N) is 1. The van der Waals surface area contributed by atoms with E-state index in [-0.39, 0.29) is 24.2 Å². The Balaban J connectivity index is 2.37. The number of ether oxygens (including phenoxy) is 1. The van der Waals surface area contributed by atoms with Crippen molar-refractivity contribution < 1.29 is 9.53 Å². The maximum atomic E-state index is 12.6. The molecule has 4 nitrogen and oxygen atoms in total. The minimum absolute atomic E-state index is 0.0741. The average Bonchev–Trinajstić information content (AvgIpc) is 2.76. The Morgan fingerprint density at radius 1 is 1.38 bits per heavy atom. The van der Waals surface area contributed by atoms with Gasteiger partial charge in [0.25, 0.3) is 0 Å². The molecule has 1 amide bonds. The molecule has 0 aromatic heterocycles. The summed E-state index contributed by atoms with van der Waals surface area (Å²) in [6, 6.07) is 8.04. The topological polar surface area (TPSA) is 41.6 Å². The van der Waals surface area contributed by atoms with Crippen LogP contribution < -0.4 is 10.1 Å². The van der Waals surface area contributed by atoms with Gasteiger partial charge >= 0.3 is 0 Å². The molecule has 1 aliphatic heterocycles. The second-order valence-electron chi connectivity index (χ2n) is 6.03. The third-order valence-corrected chi connectivity index (χ3v) is 4.27. The molecule has 3 unspecified atom stereocenters. The van der Waals surface area contributed by atoms with Crippen molar-refractivity contribution in [3.63, 3.8) is 0 Å². The number of benzene rings is 1. The maximum absolute atomic E-state index is 12.6. The molecule has 4 heteroatoms. The molecule has 0 spiro atoms. The van der Waals surface area contributed by atoms with Crippen LogP contribution in [0.5, 0.6) is 5.75 Å². The number of hydrogen-bond acceptors (Lipinski definition) is 3. The van der Waals surface area contributed by atoms with Crippen LogP contribution >= 0.6 is 0 Å². The van der Waals surface area contributed by atoms with Crippen LogP contribution in [0, 0.1) is 5.92 Å². The Kier molecular flexibility index (Phi) is 4.88. The van der Waals surface area contributed by atoms with Crippen molar-refractivity contribution in [1.82, 2.24) is 10.2 Å². The third-order valence-electron chi connectivity index (χ3n) is 4.27. The van der Waals surface area contributed by atoms with Crippen molar-refractivity contribution in [3.05, 3.63) is 29.8 Å². The number of nitrogens with one attached hydrogen (secondary N) is 1. The fourth-order valence-corrected chi connectivity index (χ4v) is 3.15. The Labute approximate surface area is 127 Å². The predicted octanol–water partition coefficient (Wildman–Crippen LogP) is 2.95. The number of hydrogen-bond donors (Lipinski definition) is 1. The van der Waals surface area contributed by atoms with Gasteiger partial charge in [0.1, 0.15) is 11.9 Å². The molecular weight excluding hydrogens is 264 g/mol. The smallest absolute Gasteiger partial charge is 0.241 e. The van der Waals surface area contributed by atoms with Crippen LogP contribution in [0.4, 0.5) is 0 Å². The first kappa shape index (κ1) is 15.8. The highest BCUT2D eigenvalue weighted by Crippen LogP contribution is 2.32. The summed E-state index contributed by atoms with van der Waals surface area (Å²) in [7, 11) is 1.66. The molecule has 2 rings (SSSR count). The SMILES string of the molecule is CCC(C(C)C)N1C(=O)C(C)NC1c1cccc(OC)c1. The van der Waals surface area contributed by atoms with Crippen molar-refractivity contribution >= 4 is 5.91 Å². The van der Waals surface area contributed by atoms with E-state index in [1.54, 1.807) is 7.11 Å². The van der Waals surface area contributed by atoms with Gasteiger partial charge in [0.2, 0.25) is 5.91 Å². The van der Waals surface area contributed by atoms with Gasteiger partial charge in [-0.05, 0) is 37.0 Å². The maximum Gasteiger partial charge on any atom is 0.241 e. The fraction of sp³-hybridized carbons (Fsp3) is 0.588. The van der Waals surface area contributed by atoms with Gasteiger partial charge in [0.05, 0.1) is 13.2 Å². The zero-order valence-corrected chi connectivity index (χ0v) is 13.6. The number of carbonyl (C=O) groups excluding carboxylic acids is 1. The summed E-state index contributed by atoms with van der Waals surface area (Å²) in [5.74, 6) is 1.43. The summed E-state index contributed by atoms with van der Waals surface area (Å²) in [6.07, 6.45) is 0.883. The van der Waals surface area contributed by atoms with E-state index in [2.05, 4.69) is 26.1 Å². The molecule has 1 aromatic rings. The van der Waals surface area contributed by atoms with Gasteiger partial charge in [0.15, 0.2) is 0 Å². The van der Waals surface area contributed by atoms with E-state index in [9.17, 15) is 4.79 Å². The summed E-state index contributed by atoms with van der Waals surface area (Å²) in [6.45, 7) is 8.42. The summed E-state index contributed by atoms with van der Waals surface area (Å²) in [4.78, 5) is 14.6. The normalized spacial score (nSPS) is 23.7. The lowest BCUT2D eigenvalue weighted by Crippen LogP contribution is -2.42. The standard InChI is InChI=1S/C17H26N2O2/c1-6-15(11(2)3)19-16(18-12(4)17(19)20)13-8-7-9-14(10-13)21-5/h7-12,15-16,18H,6H2,1-5H3. The van der Waals surface area contributed by atoms with Crippen molar-refractivity contribution in [2.45, 2.75) is 52.4 Å². The lowest BCUT2D eigenvalue weighted by molar-refractivity contribution is -0.133. The lowest BCUT2D eigenvalue weighted by atomic mass is 9.98. The zero-order chi connectivity index (χ0) is 15.6. The molecule has 1 aromatic carbocycles.